The van der Waals surface area contributed by atoms with Crippen molar-refractivity contribution < 1.29 is 14.4 Å². The Morgan fingerprint density at radius 2 is 1.93 bits per heavy atom. The van der Waals surface area contributed by atoms with Crippen molar-refractivity contribution >= 4 is 40.7 Å². The fourth-order valence-electron chi connectivity index (χ4n) is 3.31. The van der Waals surface area contributed by atoms with E-state index in [0.717, 1.165) is 11.1 Å². The molecule has 0 bridgehead atoms. The van der Waals surface area contributed by atoms with Crippen LogP contribution in [0.4, 0.5) is 0 Å². The summed E-state index contributed by atoms with van der Waals surface area (Å²) in [5.74, 6) is -1.17. The zero-order valence-corrected chi connectivity index (χ0v) is 17.4. The maximum atomic E-state index is 12.6. The van der Waals surface area contributed by atoms with Crippen LogP contribution in [0, 0.1) is 5.92 Å². The molecular formula is C22H18ClN3O3S. The predicted octanol–water partition coefficient (Wildman–Crippen LogP) is 3.20. The van der Waals surface area contributed by atoms with E-state index in [0.29, 0.717) is 28.4 Å². The lowest BCUT2D eigenvalue weighted by molar-refractivity contribution is -0.125. The first-order valence-corrected chi connectivity index (χ1v) is 10.6. The van der Waals surface area contributed by atoms with Crippen molar-refractivity contribution in [2.24, 2.45) is 10.9 Å². The van der Waals surface area contributed by atoms with Crippen molar-refractivity contribution in [1.82, 2.24) is 9.88 Å². The number of amides is 3. The fourth-order valence-corrected chi connectivity index (χ4v) is 4.23. The second-order valence-electron chi connectivity index (χ2n) is 7.04. The summed E-state index contributed by atoms with van der Waals surface area (Å²) in [6.07, 6.45) is 2.54. The van der Waals surface area contributed by atoms with Gasteiger partial charge in [0.15, 0.2) is 4.80 Å². The van der Waals surface area contributed by atoms with Gasteiger partial charge in [0.25, 0.3) is 5.91 Å². The van der Waals surface area contributed by atoms with Gasteiger partial charge in [-0.15, -0.1) is 11.3 Å². The Balaban J connectivity index is 1.48. The first kappa shape index (κ1) is 20.3. The summed E-state index contributed by atoms with van der Waals surface area (Å²) < 4.78 is 1.88. The van der Waals surface area contributed by atoms with Crippen LogP contribution in [-0.4, -0.2) is 22.3 Å². The minimum Gasteiger partial charge on any atom is -0.319 e. The summed E-state index contributed by atoms with van der Waals surface area (Å²) in [6, 6.07) is 14.6. The number of rotatable bonds is 5. The number of aromatic nitrogens is 1. The Bertz CT molecular complexity index is 1180. The molecule has 0 aliphatic carbocycles. The number of benzene rings is 2. The number of carbonyl (C=O) groups is 3. The lowest BCUT2D eigenvalue weighted by Gasteiger charge is -2.06. The molecule has 1 aliphatic heterocycles. The van der Waals surface area contributed by atoms with E-state index in [4.69, 9.17) is 11.6 Å². The van der Waals surface area contributed by atoms with Crippen LogP contribution in [0.15, 0.2) is 65.1 Å². The summed E-state index contributed by atoms with van der Waals surface area (Å²) >= 11 is 7.62. The zero-order chi connectivity index (χ0) is 21.1. The van der Waals surface area contributed by atoms with E-state index in [-0.39, 0.29) is 30.1 Å². The average Bonchev–Trinajstić information content (AvgIpc) is 3.29. The van der Waals surface area contributed by atoms with Gasteiger partial charge in [0.05, 0.1) is 12.5 Å². The molecule has 1 aromatic heterocycles. The number of halogens is 1. The second-order valence-corrected chi connectivity index (χ2v) is 8.32. The molecule has 30 heavy (non-hydrogen) atoms. The molecule has 0 spiro atoms. The summed E-state index contributed by atoms with van der Waals surface area (Å²) in [5, 5.41) is 4.85. The summed E-state index contributed by atoms with van der Waals surface area (Å²) in [4.78, 5) is 40.5. The van der Waals surface area contributed by atoms with Crippen LogP contribution < -0.4 is 10.1 Å². The standard InChI is InChI=1S/C22H18ClN3O3S/c23-18-4-2-1-3-16(18)13-26-9-10-30-22(26)25-20(28)15-7-5-14(6-8-15)11-17-12-19(27)24-21(17)29/h1-10,17H,11-13H2,(H,24,27,29)/t17-/m0/s1. The van der Waals surface area contributed by atoms with Gasteiger partial charge in [0, 0.05) is 28.6 Å². The van der Waals surface area contributed by atoms with E-state index in [2.05, 4.69) is 10.3 Å². The Morgan fingerprint density at radius 1 is 1.17 bits per heavy atom. The van der Waals surface area contributed by atoms with Gasteiger partial charge in [-0.1, -0.05) is 41.9 Å². The molecule has 152 valence electrons. The topological polar surface area (TPSA) is 80.5 Å². The molecule has 2 heterocycles. The Kier molecular flexibility index (Phi) is 5.92. The summed E-state index contributed by atoms with van der Waals surface area (Å²) in [7, 11) is 0. The normalized spacial score (nSPS) is 16.7. The maximum absolute atomic E-state index is 12.6. The van der Waals surface area contributed by atoms with E-state index in [1.807, 2.05) is 40.4 Å². The summed E-state index contributed by atoms with van der Waals surface area (Å²) in [5.41, 5.74) is 2.31. The molecule has 1 saturated heterocycles. The van der Waals surface area contributed by atoms with Crippen molar-refractivity contribution in [3.63, 3.8) is 0 Å². The number of hydrogen-bond donors (Lipinski definition) is 1. The molecule has 4 rings (SSSR count). The highest BCUT2D eigenvalue weighted by atomic mass is 35.5. The van der Waals surface area contributed by atoms with Gasteiger partial charge >= 0.3 is 0 Å². The van der Waals surface area contributed by atoms with Crippen molar-refractivity contribution in [3.05, 3.63) is 86.6 Å². The van der Waals surface area contributed by atoms with Crippen LogP contribution in [0.5, 0.6) is 0 Å². The molecular weight excluding hydrogens is 422 g/mol. The number of imide groups is 1. The molecule has 1 N–H and O–H groups in total. The molecule has 0 radical (unpaired) electrons. The Labute approximate surface area is 181 Å². The molecule has 2 aromatic carbocycles. The number of nitrogens with one attached hydrogen (secondary N) is 1. The molecule has 0 saturated carbocycles. The quantitative estimate of drug-likeness (QED) is 0.620. The minimum absolute atomic E-state index is 0.207. The fraction of sp³-hybridized carbons (Fsp3) is 0.182. The van der Waals surface area contributed by atoms with E-state index < -0.39 is 0 Å². The van der Waals surface area contributed by atoms with Crippen molar-refractivity contribution in [2.45, 2.75) is 19.4 Å². The molecule has 1 aliphatic rings. The number of carbonyl (C=O) groups excluding carboxylic acids is 3. The van der Waals surface area contributed by atoms with Gasteiger partial charge in [0.1, 0.15) is 0 Å². The first-order chi connectivity index (χ1) is 14.5. The third kappa shape index (κ3) is 4.58. The van der Waals surface area contributed by atoms with Gasteiger partial charge in [0.2, 0.25) is 11.8 Å². The van der Waals surface area contributed by atoms with Crippen LogP contribution in [0.3, 0.4) is 0 Å². The lowest BCUT2D eigenvalue weighted by atomic mass is 9.97. The number of hydrogen-bond acceptors (Lipinski definition) is 4. The van der Waals surface area contributed by atoms with Gasteiger partial charge in [-0.25, -0.2) is 0 Å². The maximum Gasteiger partial charge on any atom is 0.279 e. The van der Waals surface area contributed by atoms with Crippen molar-refractivity contribution in [2.75, 3.05) is 0 Å². The second kappa shape index (κ2) is 8.77. The average molecular weight is 440 g/mol. The molecule has 3 amide bonds. The molecule has 0 unspecified atom stereocenters. The Morgan fingerprint density at radius 3 is 2.63 bits per heavy atom. The van der Waals surface area contributed by atoms with Crippen LogP contribution in [-0.2, 0) is 22.6 Å². The van der Waals surface area contributed by atoms with E-state index >= 15 is 0 Å². The van der Waals surface area contributed by atoms with Gasteiger partial charge in [-0.3, -0.25) is 19.7 Å². The monoisotopic (exact) mass is 439 g/mol. The predicted molar refractivity (Wildman–Crippen MR) is 114 cm³/mol. The zero-order valence-electron chi connectivity index (χ0n) is 15.9. The SMILES string of the molecule is O=C1C[C@H](Cc2ccc(C(=O)N=c3sccn3Cc3ccccc3Cl)cc2)C(=O)N1. The van der Waals surface area contributed by atoms with Gasteiger partial charge in [-0.2, -0.15) is 4.99 Å². The van der Waals surface area contributed by atoms with Crippen molar-refractivity contribution in [3.8, 4) is 0 Å². The number of nitrogens with zero attached hydrogens (tertiary/aromatic N) is 2. The highest BCUT2D eigenvalue weighted by molar-refractivity contribution is 7.07. The third-order valence-corrected chi connectivity index (χ3v) is 6.07. The summed E-state index contributed by atoms with van der Waals surface area (Å²) in [6.45, 7) is 0.524. The van der Waals surface area contributed by atoms with Gasteiger partial charge in [-0.05, 0) is 35.7 Å². The van der Waals surface area contributed by atoms with Crippen LogP contribution in [0.1, 0.15) is 27.9 Å². The highest BCUT2D eigenvalue weighted by Gasteiger charge is 2.30. The molecule has 6 nitrogen and oxygen atoms in total. The highest BCUT2D eigenvalue weighted by Crippen LogP contribution is 2.18. The van der Waals surface area contributed by atoms with Crippen LogP contribution in [0.25, 0.3) is 0 Å². The lowest BCUT2D eigenvalue weighted by Crippen LogP contribution is -2.22. The van der Waals surface area contributed by atoms with Crippen molar-refractivity contribution in [1.29, 1.82) is 0 Å². The van der Waals surface area contributed by atoms with E-state index in [9.17, 15) is 14.4 Å². The number of thiazole rings is 1. The molecule has 8 heteroatoms. The first-order valence-electron chi connectivity index (χ1n) is 9.38. The smallest absolute Gasteiger partial charge is 0.279 e. The van der Waals surface area contributed by atoms with E-state index in [1.54, 1.807) is 24.3 Å². The Hall–Kier alpha value is -3.03. The van der Waals surface area contributed by atoms with E-state index in [1.165, 1.54) is 11.3 Å². The molecule has 3 aromatic rings. The largest absolute Gasteiger partial charge is 0.319 e. The van der Waals surface area contributed by atoms with Crippen LogP contribution in [0.2, 0.25) is 5.02 Å². The molecule has 1 fully saturated rings. The third-order valence-electron chi connectivity index (χ3n) is 4.90. The van der Waals surface area contributed by atoms with Gasteiger partial charge < -0.3 is 4.57 Å². The van der Waals surface area contributed by atoms with Crippen LogP contribution >= 0.6 is 22.9 Å². The molecule has 1 atom stereocenters. The minimum atomic E-state index is -0.348.